The van der Waals surface area contributed by atoms with Crippen LogP contribution in [0.15, 0.2) is 54.6 Å². The molecule has 0 fully saturated rings. The van der Waals surface area contributed by atoms with Crippen molar-refractivity contribution >= 4 is 11.6 Å². The van der Waals surface area contributed by atoms with Gasteiger partial charge >= 0.3 is 0 Å². The van der Waals surface area contributed by atoms with E-state index in [0.717, 1.165) is 18.7 Å². The molecule has 0 heterocycles. The molecule has 24 heavy (non-hydrogen) atoms. The third kappa shape index (κ3) is 5.10. The van der Waals surface area contributed by atoms with Crippen LogP contribution in [0.2, 0.25) is 0 Å². The van der Waals surface area contributed by atoms with Gasteiger partial charge in [0.15, 0.2) is 0 Å². The smallest absolute Gasteiger partial charge is 0.237 e. The van der Waals surface area contributed by atoms with Crippen molar-refractivity contribution in [2.45, 2.75) is 26.3 Å². The number of aryl methyl sites for hydroxylation is 1. The zero-order chi connectivity index (χ0) is 17.4. The van der Waals surface area contributed by atoms with Gasteiger partial charge in [0.05, 0.1) is 6.04 Å². The molecule has 0 aromatic heterocycles. The van der Waals surface area contributed by atoms with Gasteiger partial charge < -0.3 is 16.0 Å². The second-order valence-corrected chi connectivity index (χ2v) is 5.95. The lowest BCUT2D eigenvalue weighted by atomic mass is 10.1. The van der Waals surface area contributed by atoms with Gasteiger partial charge in [-0.25, -0.2) is 0 Å². The molecule has 2 aromatic rings. The lowest BCUT2D eigenvalue weighted by Gasteiger charge is -2.25. The zero-order valence-electron chi connectivity index (χ0n) is 14.5. The van der Waals surface area contributed by atoms with Gasteiger partial charge in [-0.15, -0.1) is 0 Å². The number of benzene rings is 2. The van der Waals surface area contributed by atoms with E-state index < -0.39 is 6.04 Å². The van der Waals surface area contributed by atoms with Gasteiger partial charge in [-0.05, 0) is 37.5 Å². The summed E-state index contributed by atoms with van der Waals surface area (Å²) in [6, 6.07) is 17.6. The van der Waals surface area contributed by atoms with Crippen LogP contribution in [0.3, 0.4) is 0 Å². The summed E-state index contributed by atoms with van der Waals surface area (Å²) in [6.45, 7) is 6.48. The van der Waals surface area contributed by atoms with Gasteiger partial charge in [-0.2, -0.15) is 0 Å². The first-order valence-electron chi connectivity index (χ1n) is 8.49. The predicted octanol–water partition coefficient (Wildman–Crippen LogP) is 2.51. The normalized spacial score (nSPS) is 11.8. The van der Waals surface area contributed by atoms with Crippen molar-refractivity contribution in [2.24, 2.45) is 5.73 Å². The zero-order valence-corrected chi connectivity index (χ0v) is 14.5. The van der Waals surface area contributed by atoms with Crippen molar-refractivity contribution in [2.75, 3.05) is 24.5 Å². The molecule has 4 heteroatoms. The predicted molar refractivity (Wildman–Crippen MR) is 100 cm³/mol. The Morgan fingerprint density at radius 3 is 2.46 bits per heavy atom. The number of hydrogen-bond acceptors (Lipinski definition) is 3. The number of carbonyl (C=O) groups is 1. The van der Waals surface area contributed by atoms with E-state index >= 15 is 0 Å². The maximum atomic E-state index is 12.2. The van der Waals surface area contributed by atoms with Crippen LogP contribution in [-0.2, 0) is 11.2 Å². The number of nitrogens with two attached hydrogens (primary N) is 1. The molecule has 1 amide bonds. The van der Waals surface area contributed by atoms with E-state index in [-0.39, 0.29) is 5.91 Å². The van der Waals surface area contributed by atoms with Crippen LogP contribution < -0.4 is 16.0 Å². The van der Waals surface area contributed by atoms with E-state index in [4.69, 9.17) is 5.73 Å². The average molecular weight is 325 g/mol. The molecule has 3 N–H and O–H groups in total. The average Bonchev–Trinajstić information content (AvgIpc) is 2.60. The van der Waals surface area contributed by atoms with Crippen LogP contribution in [0, 0.1) is 6.92 Å². The molecule has 0 spiro atoms. The first-order chi connectivity index (χ1) is 11.6. The maximum Gasteiger partial charge on any atom is 0.237 e. The topological polar surface area (TPSA) is 58.4 Å². The maximum absolute atomic E-state index is 12.2. The first-order valence-corrected chi connectivity index (χ1v) is 8.49. The Kier molecular flexibility index (Phi) is 6.82. The number of nitrogens with zero attached hydrogens (tertiary/aromatic N) is 1. The highest BCUT2D eigenvalue weighted by Crippen LogP contribution is 2.18. The number of hydrogen-bond donors (Lipinski definition) is 2. The van der Waals surface area contributed by atoms with Crippen LogP contribution in [-0.4, -0.2) is 31.6 Å². The van der Waals surface area contributed by atoms with Crippen molar-refractivity contribution in [3.63, 3.8) is 0 Å². The number of nitrogens with one attached hydrogen (secondary N) is 1. The molecular formula is C20H27N3O. The summed E-state index contributed by atoms with van der Waals surface area (Å²) in [6.07, 6.45) is 0.557. The van der Waals surface area contributed by atoms with Crippen molar-refractivity contribution in [3.05, 3.63) is 65.7 Å². The Morgan fingerprint density at radius 1 is 1.12 bits per heavy atom. The summed E-state index contributed by atoms with van der Waals surface area (Å²) >= 11 is 0. The van der Waals surface area contributed by atoms with E-state index in [1.54, 1.807) is 0 Å². The highest BCUT2D eigenvalue weighted by molar-refractivity contribution is 5.81. The second kappa shape index (κ2) is 9.08. The Labute approximate surface area is 144 Å². The molecule has 0 saturated carbocycles. The number of anilines is 1. The number of para-hydroxylation sites is 1. The van der Waals surface area contributed by atoms with E-state index in [9.17, 15) is 4.79 Å². The third-order valence-corrected chi connectivity index (χ3v) is 4.15. The highest BCUT2D eigenvalue weighted by Gasteiger charge is 2.14. The van der Waals surface area contributed by atoms with Gasteiger partial charge in [-0.3, -0.25) is 4.79 Å². The minimum Gasteiger partial charge on any atom is -0.370 e. The summed E-state index contributed by atoms with van der Waals surface area (Å²) in [4.78, 5) is 14.4. The molecule has 0 radical (unpaired) electrons. The summed E-state index contributed by atoms with van der Waals surface area (Å²) < 4.78 is 0. The van der Waals surface area contributed by atoms with E-state index in [1.165, 1.54) is 11.3 Å². The number of amides is 1. The lowest BCUT2D eigenvalue weighted by molar-refractivity contribution is -0.122. The minimum atomic E-state index is -0.513. The molecule has 0 aliphatic heterocycles. The minimum absolute atomic E-state index is 0.0975. The van der Waals surface area contributed by atoms with Crippen LogP contribution in [0.25, 0.3) is 0 Å². The fourth-order valence-electron chi connectivity index (χ4n) is 2.77. The van der Waals surface area contributed by atoms with Crippen LogP contribution in [0.1, 0.15) is 18.1 Å². The molecule has 1 unspecified atom stereocenters. The fourth-order valence-corrected chi connectivity index (χ4v) is 2.77. The van der Waals surface area contributed by atoms with Crippen molar-refractivity contribution in [1.82, 2.24) is 5.32 Å². The molecular weight excluding hydrogens is 298 g/mol. The second-order valence-electron chi connectivity index (χ2n) is 5.95. The van der Waals surface area contributed by atoms with E-state index in [1.807, 2.05) is 42.5 Å². The van der Waals surface area contributed by atoms with Gasteiger partial charge in [0.2, 0.25) is 5.91 Å². The summed E-state index contributed by atoms with van der Waals surface area (Å²) in [5, 5.41) is 2.95. The summed E-state index contributed by atoms with van der Waals surface area (Å²) in [5.74, 6) is -0.0975. The summed E-state index contributed by atoms with van der Waals surface area (Å²) in [5.41, 5.74) is 9.54. The van der Waals surface area contributed by atoms with Gasteiger partial charge in [-0.1, -0.05) is 48.5 Å². The quantitative estimate of drug-likeness (QED) is 0.784. The van der Waals surface area contributed by atoms with Gasteiger partial charge in [0, 0.05) is 25.3 Å². The highest BCUT2D eigenvalue weighted by atomic mass is 16.2. The van der Waals surface area contributed by atoms with Crippen molar-refractivity contribution in [1.29, 1.82) is 0 Å². The molecule has 0 saturated heterocycles. The SMILES string of the molecule is CCN(CCNC(=O)C(N)Cc1ccccc1)c1ccccc1C. The molecule has 2 rings (SSSR count). The molecule has 4 nitrogen and oxygen atoms in total. The van der Waals surface area contributed by atoms with E-state index in [2.05, 4.69) is 36.2 Å². The monoisotopic (exact) mass is 325 g/mol. The number of likely N-dealkylation sites (N-methyl/N-ethyl adjacent to an activating group) is 1. The van der Waals surface area contributed by atoms with Crippen molar-refractivity contribution in [3.8, 4) is 0 Å². The fraction of sp³-hybridized carbons (Fsp3) is 0.350. The molecule has 1 atom stereocenters. The van der Waals surface area contributed by atoms with Gasteiger partial charge in [0.25, 0.3) is 0 Å². The van der Waals surface area contributed by atoms with Crippen LogP contribution in [0.4, 0.5) is 5.69 Å². The number of rotatable bonds is 8. The Bertz CT molecular complexity index is 642. The van der Waals surface area contributed by atoms with Crippen LogP contribution in [0.5, 0.6) is 0 Å². The molecule has 2 aromatic carbocycles. The Morgan fingerprint density at radius 2 is 1.79 bits per heavy atom. The van der Waals surface area contributed by atoms with Crippen LogP contribution >= 0.6 is 0 Å². The van der Waals surface area contributed by atoms with Crippen molar-refractivity contribution < 1.29 is 4.79 Å². The Balaban J connectivity index is 1.82. The third-order valence-electron chi connectivity index (χ3n) is 4.15. The van der Waals surface area contributed by atoms with Gasteiger partial charge in [0.1, 0.15) is 0 Å². The molecule has 128 valence electrons. The Hall–Kier alpha value is -2.33. The summed E-state index contributed by atoms with van der Waals surface area (Å²) in [7, 11) is 0. The molecule has 0 aliphatic rings. The first kappa shape index (κ1) is 18.0. The molecule has 0 bridgehead atoms. The van der Waals surface area contributed by atoms with E-state index in [0.29, 0.717) is 13.0 Å². The number of carbonyl (C=O) groups excluding carboxylic acids is 1. The lowest BCUT2D eigenvalue weighted by Crippen LogP contribution is -2.44. The largest absolute Gasteiger partial charge is 0.370 e. The standard InChI is InChI=1S/C20H27N3O/c1-3-23(19-12-8-7-9-16(19)2)14-13-22-20(24)18(21)15-17-10-5-4-6-11-17/h4-12,18H,3,13-15,21H2,1-2H3,(H,22,24). The molecule has 0 aliphatic carbocycles.